The molecular weight excluding hydrogens is 332 g/mol. The lowest BCUT2D eigenvalue weighted by Crippen LogP contribution is -2.29. The molecule has 128 valence electrons. The molecule has 3 rings (SSSR count). The number of benzene rings is 2. The Bertz CT molecular complexity index is 804. The van der Waals surface area contributed by atoms with E-state index >= 15 is 0 Å². The van der Waals surface area contributed by atoms with Crippen LogP contribution in [0.15, 0.2) is 72.1 Å². The van der Waals surface area contributed by atoms with E-state index in [-0.39, 0.29) is 18.5 Å². The molecule has 0 aliphatic rings. The van der Waals surface area contributed by atoms with Gasteiger partial charge in [0.15, 0.2) is 5.75 Å². The molecule has 1 heterocycles. The molecule has 0 saturated heterocycles. The summed E-state index contributed by atoms with van der Waals surface area (Å²) >= 11 is 1.68. The van der Waals surface area contributed by atoms with E-state index in [1.165, 1.54) is 4.88 Å². The van der Waals surface area contributed by atoms with Gasteiger partial charge in [-0.05, 0) is 42.6 Å². The number of ether oxygens (including phenoxy) is 1. The van der Waals surface area contributed by atoms with Crippen molar-refractivity contribution >= 4 is 22.9 Å². The number of carbonyl (C=O) groups excluding carboxylic acids is 1. The Kier molecular flexibility index (Phi) is 5.82. The lowest BCUT2D eigenvalue weighted by Gasteiger charge is -2.14. The van der Waals surface area contributed by atoms with Gasteiger partial charge < -0.3 is 15.4 Å². The predicted octanol–water partition coefficient (Wildman–Crippen LogP) is 4.83. The Balaban J connectivity index is 1.59. The maximum Gasteiger partial charge on any atom is 0.238 e. The van der Waals surface area contributed by atoms with Crippen LogP contribution in [0.3, 0.4) is 0 Å². The zero-order valence-electron chi connectivity index (χ0n) is 13.9. The monoisotopic (exact) mass is 352 g/mol. The molecule has 1 atom stereocenters. The fourth-order valence-corrected chi connectivity index (χ4v) is 3.11. The van der Waals surface area contributed by atoms with E-state index in [0.717, 1.165) is 5.75 Å². The van der Waals surface area contributed by atoms with Gasteiger partial charge in [0.25, 0.3) is 0 Å². The zero-order valence-corrected chi connectivity index (χ0v) is 14.8. The fraction of sp³-hybridized carbons (Fsp3) is 0.150. The molecule has 2 aromatic carbocycles. The van der Waals surface area contributed by atoms with Gasteiger partial charge >= 0.3 is 0 Å². The van der Waals surface area contributed by atoms with Crippen molar-refractivity contribution in [1.29, 1.82) is 0 Å². The van der Waals surface area contributed by atoms with Crippen molar-refractivity contribution in [2.45, 2.75) is 13.0 Å². The van der Waals surface area contributed by atoms with Crippen molar-refractivity contribution in [3.05, 3.63) is 77.0 Å². The second kappa shape index (κ2) is 8.46. The topological polar surface area (TPSA) is 50.4 Å². The number of nitrogens with one attached hydrogen (secondary N) is 2. The van der Waals surface area contributed by atoms with E-state index in [9.17, 15) is 4.79 Å². The number of hydrogen-bond donors (Lipinski definition) is 2. The van der Waals surface area contributed by atoms with Gasteiger partial charge in [-0.3, -0.25) is 4.79 Å². The first-order chi connectivity index (χ1) is 12.2. The van der Waals surface area contributed by atoms with Crippen LogP contribution in [-0.2, 0) is 4.79 Å². The maximum absolute atomic E-state index is 12.3. The van der Waals surface area contributed by atoms with Gasteiger partial charge in [0.2, 0.25) is 5.91 Å². The van der Waals surface area contributed by atoms with Crippen molar-refractivity contribution in [3.8, 4) is 11.5 Å². The lowest BCUT2D eigenvalue weighted by atomic mass is 10.2. The van der Waals surface area contributed by atoms with E-state index in [0.29, 0.717) is 11.4 Å². The highest BCUT2D eigenvalue weighted by Crippen LogP contribution is 2.29. The Labute approximate surface area is 151 Å². The Morgan fingerprint density at radius 2 is 1.80 bits per heavy atom. The second-order valence-corrected chi connectivity index (χ2v) is 6.56. The minimum Gasteiger partial charge on any atom is -0.455 e. The molecular formula is C20H20N2O2S. The van der Waals surface area contributed by atoms with Crippen molar-refractivity contribution < 1.29 is 9.53 Å². The van der Waals surface area contributed by atoms with Crippen LogP contribution in [0.2, 0.25) is 0 Å². The van der Waals surface area contributed by atoms with Crippen LogP contribution in [0, 0.1) is 0 Å². The summed E-state index contributed by atoms with van der Waals surface area (Å²) in [5, 5.41) is 8.17. The van der Waals surface area contributed by atoms with Crippen LogP contribution in [0.4, 0.5) is 5.69 Å². The molecule has 5 heteroatoms. The Morgan fingerprint density at radius 1 is 1.04 bits per heavy atom. The molecule has 0 unspecified atom stereocenters. The van der Waals surface area contributed by atoms with E-state index < -0.39 is 0 Å². The first-order valence-corrected chi connectivity index (χ1v) is 8.99. The number of anilines is 1. The summed E-state index contributed by atoms with van der Waals surface area (Å²) in [6.07, 6.45) is 0. The number of hydrogen-bond acceptors (Lipinski definition) is 4. The summed E-state index contributed by atoms with van der Waals surface area (Å²) in [5.41, 5.74) is 0.655. The summed E-state index contributed by atoms with van der Waals surface area (Å²) in [7, 11) is 0. The van der Waals surface area contributed by atoms with Crippen LogP contribution in [-0.4, -0.2) is 12.5 Å². The molecule has 0 aliphatic carbocycles. The molecule has 0 spiro atoms. The van der Waals surface area contributed by atoms with Crippen molar-refractivity contribution in [2.75, 3.05) is 11.9 Å². The average Bonchev–Trinajstić information content (AvgIpc) is 3.17. The minimum absolute atomic E-state index is 0.104. The molecule has 0 fully saturated rings. The van der Waals surface area contributed by atoms with Crippen LogP contribution >= 0.6 is 11.3 Å². The van der Waals surface area contributed by atoms with Crippen molar-refractivity contribution in [3.63, 3.8) is 0 Å². The number of carbonyl (C=O) groups is 1. The molecule has 0 saturated carbocycles. The SMILES string of the molecule is C[C@H](NCC(=O)Nc1ccccc1Oc1ccccc1)c1cccs1. The highest BCUT2D eigenvalue weighted by Gasteiger charge is 2.11. The third-order valence-corrected chi connectivity index (χ3v) is 4.73. The van der Waals surface area contributed by atoms with E-state index in [1.54, 1.807) is 11.3 Å². The lowest BCUT2D eigenvalue weighted by molar-refractivity contribution is -0.115. The van der Waals surface area contributed by atoms with Gasteiger partial charge in [-0.25, -0.2) is 0 Å². The van der Waals surface area contributed by atoms with E-state index in [4.69, 9.17) is 4.74 Å². The quantitative estimate of drug-likeness (QED) is 0.640. The third kappa shape index (κ3) is 4.92. The van der Waals surface area contributed by atoms with Crippen molar-refractivity contribution in [1.82, 2.24) is 5.32 Å². The first kappa shape index (κ1) is 17.2. The van der Waals surface area contributed by atoms with E-state index in [2.05, 4.69) is 16.7 Å². The summed E-state index contributed by atoms with van der Waals surface area (Å²) in [6.45, 7) is 2.28. The fourth-order valence-electron chi connectivity index (χ4n) is 2.35. The van der Waals surface area contributed by atoms with E-state index in [1.807, 2.05) is 73.0 Å². The number of amides is 1. The van der Waals surface area contributed by atoms with Gasteiger partial charge in [0.1, 0.15) is 5.75 Å². The second-order valence-electron chi connectivity index (χ2n) is 5.58. The van der Waals surface area contributed by atoms with Gasteiger partial charge in [-0.2, -0.15) is 0 Å². The average molecular weight is 352 g/mol. The van der Waals surface area contributed by atoms with Crippen LogP contribution in [0.25, 0.3) is 0 Å². The third-order valence-electron chi connectivity index (χ3n) is 3.67. The predicted molar refractivity (Wildman–Crippen MR) is 102 cm³/mol. The molecule has 0 aliphatic heterocycles. The molecule has 0 radical (unpaired) electrons. The summed E-state index contributed by atoms with van der Waals surface area (Å²) < 4.78 is 5.86. The van der Waals surface area contributed by atoms with Gasteiger partial charge in [-0.1, -0.05) is 36.4 Å². The molecule has 0 bridgehead atoms. The van der Waals surface area contributed by atoms with Crippen LogP contribution < -0.4 is 15.4 Å². The Morgan fingerprint density at radius 3 is 2.56 bits per heavy atom. The number of thiophene rings is 1. The standard InChI is InChI=1S/C20H20N2O2S/c1-15(19-12-7-13-25-19)21-14-20(23)22-17-10-5-6-11-18(17)24-16-8-3-2-4-9-16/h2-13,15,21H,14H2,1H3,(H,22,23)/t15-/m0/s1. The summed E-state index contributed by atoms with van der Waals surface area (Å²) in [5.74, 6) is 1.24. The van der Waals surface area contributed by atoms with Gasteiger partial charge in [0.05, 0.1) is 12.2 Å². The highest BCUT2D eigenvalue weighted by atomic mass is 32.1. The molecule has 2 N–H and O–H groups in total. The first-order valence-electron chi connectivity index (χ1n) is 8.11. The minimum atomic E-state index is -0.104. The Hall–Kier alpha value is -2.63. The zero-order chi connectivity index (χ0) is 17.5. The number of rotatable bonds is 7. The largest absolute Gasteiger partial charge is 0.455 e. The highest BCUT2D eigenvalue weighted by molar-refractivity contribution is 7.10. The number of para-hydroxylation sites is 3. The van der Waals surface area contributed by atoms with Gasteiger partial charge in [0, 0.05) is 10.9 Å². The van der Waals surface area contributed by atoms with Crippen LogP contribution in [0.1, 0.15) is 17.8 Å². The molecule has 4 nitrogen and oxygen atoms in total. The summed E-state index contributed by atoms with van der Waals surface area (Å²) in [6, 6.07) is 21.1. The molecule has 1 aromatic heterocycles. The molecule has 25 heavy (non-hydrogen) atoms. The molecule has 1 amide bonds. The molecule has 3 aromatic rings. The maximum atomic E-state index is 12.3. The summed E-state index contributed by atoms with van der Waals surface area (Å²) in [4.78, 5) is 13.5. The van der Waals surface area contributed by atoms with Gasteiger partial charge in [-0.15, -0.1) is 11.3 Å². The smallest absolute Gasteiger partial charge is 0.238 e. The van der Waals surface area contributed by atoms with Crippen molar-refractivity contribution in [2.24, 2.45) is 0 Å². The normalized spacial score (nSPS) is 11.7. The van der Waals surface area contributed by atoms with Crippen LogP contribution in [0.5, 0.6) is 11.5 Å².